The number of aromatic nitrogens is 2. The van der Waals surface area contributed by atoms with Crippen LogP contribution in [0.5, 0.6) is 0 Å². The van der Waals surface area contributed by atoms with E-state index in [1.807, 2.05) is 10.9 Å². The minimum atomic E-state index is 0.308. The summed E-state index contributed by atoms with van der Waals surface area (Å²) < 4.78 is 1.85. The maximum atomic E-state index is 5.74. The van der Waals surface area contributed by atoms with Crippen LogP contribution in [0.15, 0.2) is 12.4 Å². The molecule has 0 aliphatic rings. The molecule has 2 atom stereocenters. The summed E-state index contributed by atoms with van der Waals surface area (Å²) in [5.74, 6) is 0.418. The zero-order valence-corrected chi connectivity index (χ0v) is 8.12. The fraction of sp³-hybridized carbons (Fsp3) is 0.625. The van der Waals surface area contributed by atoms with Crippen molar-refractivity contribution in [3.05, 3.63) is 17.4 Å². The highest BCUT2D eigenvalue weighted by Crippen LogP contribution is 2.17. The molecule has 1 rings (SSSR count). The highest BCUT2D eigenvalue weighted by Gasteiger charge is 2.12. The normalized spacial score (nSPS) is 16.0. The summed E-state index contributed by atoms with van der Waals surface area (Å²) in [6.07, 6.45) is 3.46. The Morgan fingerprint density at radius 3 is 2.75 bits per heavy atom. The monoisotopic (exact) mass is 187 g/mol. The van der Waals surface area contributed by atoms with Gasteiger partial charge >= 0.3 is 0 Å². The van der Waals surface area contributed by atoms with E-state index in [-0.39, 0.29) is 0 Å². The zero-order chi connectivity index (χ0) is 9.14. The average molecular weight is 188 g/mol. The lowest BCUT2D eigenvalue weighted by molar-refractivity contribution is 0.358. The molecule has 0 aromatic carbocycles. The average Bonchev–Trinajstić information content (AvgIpc) is 2.49. The molecule has 0 radical (unpaired) electrons. The molecule has 1 aromatic heterocycles. The third-order valence-corrected chi connectivity index (χ3v) is 2.38. The standard InChI is InChI=1S/C8H14ClN3/c1-6(3-10)7(2)12-5-8(9)4-11-12/h4-7H,3,10H2,1-2H3. The second kappa shape index (κ2) is 3.92. The Labute approximate surface area is 77.5 Å². The van der Waals surface area contributed by atoms with E-state index >= 15 is 0 Å². The number of rotatable bonds is 3. The van der Waals surface area contributed by atoms with Gasteiger partial charge in [0.15, 0.2) is 0 Å². The van der Waals surface area contributed by atoms with Gasteiger partial charge in [-0.1, -0.05) is 18.5 Å². The van der Waals surface area contributed by atoms with Crippen molar-refractivity contribution in [1.29, 1.82) is 0 Å². The van der Waals surface area contributed by atoms with Gasteiger partial charge in [0.05, 0.1) is 17.3 Å². The van der Waals surface area contributed by atoms with Crippen molar-refractivity contribution in [1.82, 2.24) is 9.78 Å². The first-order valence-corrected chi connectivity index (χ1v) is 4.42. The number of nitrogens with zero attached hydrogens (tertiary/aromatic N) is 2. The topological polar surface area (TPSA) is 43.8 Å². The largest absolute Gasteiger partial charge is 0.330 e. The highest BCUT2D eigenvalue weighted by molar-refractivity contribution is 6.30. The molecule has 3 nitrogen and oxygen atoms in total. The maximum Gasteiger partial charge on any atom is 0.0785 e. The molecule has 1 heterocycles. The molecular weight excluding hydrogens is 174 g/mol. The van der Waals surface area contributed by atoms with Crippen LogP contribution in [0.1, 0.15) is 19.9 Å². The predicted octanol–water partition coefficient (Wildman–Crippen LogP) is 1.69. The van der Waals surface area contributed by atoms with Crippen LogP contribution in [0.25, 0.3) is 0 Å². The third-order valence-electron chi connectivity index (χ3n) is 2.18. The molecule has 0 aliphatic heterocycles. The first-order chi connectivity index (χ1) is 5.65. The van der Waals surface area contributed by atoms with Crippen LogP contribution in [0.2, 0.25) is 5.02 Å². The van der Waals surface area contributed by atoms with E-state index in [0.29, 0.717) is 23.5 Å². The minimum absolute atomic E-state index is 0.308. The van der Waals surface area contributed by atoms with E-state index in [1.54, 1.807) is 6.20 Å². The lowest BCUT2D eigenvalue weighted by Crippen LogP contribution is -2.21. The zero-order valence-electron chi connectivity index (χ0n) is 7.37. The number of hydrogen-bond acceptors (Lipinski definition) is 2. The summed E-state index contributed by atoms with van der Waals surface area (Å²) in [5, 5.41) is 4.79. The predicted molar refractivity (Wildman–Crippen MR) is 50.2 cm³/mol. The van der Waals surface area contributed by atoms with Crippen molar-refractivity contribution in [2.45, 2.75) is 19.9 Å². The van der Waals surface area contributed by atoms with Gasteiger partial charge in [0.2, 0.25) is 0 Å². The van der Waals surface area contributed by atoms with Crippen molar-refractivity contribution >= 4 is 11.6 Å². The Morgan fingerprint density at radius 1 is 1.67 bits per heavy atom. The van der Waals surface area contributed by atoms with Crippen LogP contribution < -0.4 is 5.73 Å². The molecule has 4 heteroatoms. The SMILES string of the molecule is CC(CN)C(C)n1cc(Cl)cn1. The third kappa shape index (κ3) is 1.99. The Bertz CT molecular complexity index is 246. The quantitative estimate of drug-likeness (QED) is 0.783. The van der Waals surface area contributed by atoms with Crippen molar-refractivity contribution in [3.8, 4) is 0 Å². The van der Waals surface area contributed by atoms with Crippen molar-refractivity contribution in [2.75, 3.05) is 6.54 Å². The summed E-state index contributed by atoms with van der Waals surface area (Å²) in [7, 11) is 0. The van der Waals surface area contributed by atoms with Gasteiger partial charge in [-0.2, -0.15) is 5.10 Å². The molecule has 0 saturated heterocycles. The second-order valence-corrected chi connectivity index (χ2v) is 3.53. The lowest BCUT2D eigenvalue weighted by Gasteiger charge is -2.18. The fourth-order valence-corrected chi connectivity index (χ4v) is 1.14. The molecule has 0 bridgehead atoms. The van der Waals surface area contributed by atoms with Crippen molar-refractivity contribution < 1.29 is 0 Å². The van der Waals surface area contributed by atoms with E-state index in [4.69, 9.17) is 17.3 Å². The molecule has 0 saturated carbocycles. The number of hydrogen-bond donors (Lipinski definition) is 1. The van der Waals surface area contributed by atoms with Crippen LogP contribution in [0.4, 0.5) is 0 Å². The van der Waals surface area contributed by atoms with Crippen LogP contribution >= 0.6 is 11.6 Å². The van der Waals surface area contributed by atoms with E-state index in [0.717, 1.165) is 0 Å². The van der Waals surface area contributed by atoms with Crippen LogP contribution in [-0.2, 0) is 0 Å². The number of halogens is 1. The van der Waals surface area contributed by atoms with Crippen LogP contribution in [-0.4, -0.2) is 16.3 Å². The number of nitrogens with two attached hydrogens (primary N) is 1. The Morgan fingerprint density at radius 2 is 2.33 bits per heavy atom. The van der Waals surface area contributed by atoms with E-state index in [9.17, 15) is 0 Å². The van der Waals surface area contributed by atoms with E-state index in [2.05, 4.69) is 18.9 Å². The lowest BCUT2D eigenvalue weighted by atomic mass is 10.1. The summed E-state index contributed by atoms with van der Waals surface area (Å²) in [5.41, 5.74) is 5.54. The van der Waals surface area contributed by atoms with Gasteiger partial charge in [-0.05, 0) is 19.4 Å². The molecule has 0 spiro atoms. The molecule has 12 heavy (non-hydrogen) atoms. The maximum absolute atomic E-state index is 5.74. The van der Waals surface area contributed by atoms with Crippen molar-refractivity contribution in [2.24, 2.45) is 11.7 Å². The fourth-order valence-electron chi connectivity index (χ4n) is 0.995. The Hall–Kier alpha value is -0.540. The Balaban J connectivity index is 2.70. The van der Waals surface area contributed by atoms with Crippen molar-refractivity contribution in [3.63, 3.8) is 0 Å². The molecule has 0 aliphatic carbocycles. The second-order valence-electron chi connectivity index (χ2n) is 3.09. The van der Waals surface area contributed by atoms with Gasteiger partial charge in [0.25, 0.3) is 0 Å². The molecule has 68 valence electrons. The van der Waals surface area contributed by atoms with Gasteiger partial charge in [0, 0.05) is 6.20 Å². The smallest absolute Gasteiger partial charge is 0.0785 e. The van der Waals surface area contributed by atoms with Gasteiger partial charge in [-0.3, -0.25) is 4.68 Å². The van der Waals surface area contributed by atoms with E-state index < -0.39 is 0 Å². The molecule has 2 unspecified atom stereocenters. The molecular formula is C8H14ClN3. The minimum Gasteiger partial charge on any atom is -0.330 e. The van der Waals surface area contributed by atoms with Gasteiger partial charge in [0.1, 0.15) is 0 Å². The molecule has 2 N–H and O–H groups in total. The molecule has 1 aromatic rings. The summed E-state index contributed by atoms with van der Waals surface area (Å²) in [6.45, 7) is 4.85. The van der Waals surface area contributed by atoms with Crippen LogP contribution in [0, 0.1) is 5.92 Å². The summed E-state index contributed by atoms with van der Waals surface area (Å²) in [4.78, 5) is 0. The first kappa shape index (κ1) is 9.55. The summed E-state index contributed by atoms with van der Waals surface area (Å²) in [6, 6.07) is 0.308. The van der Waals surface area contributed by atoms with Crippen LogP contribution in [0.3, 0.4) is 0 Å². The highest BCUT2D eigenvalue weighted by atomic mass is 35.5. The van der Waals surface area contributed by atoms with Gasteiger partial charge in [-0.15, -0.1) is 0 Å². The van der Waals surface area contributed by atoms with Gasteiger partial charge in [-0.25, -0.2) is 0 Å². The van der Waals surface area contributed by atoms with Gasteiger partial charge < -0.3 is 5.73 Å². The molecule has 0 amide bonds. The molecule has 0 fully saturated rings. The first-order valence-electron chi connectivity index (χ1n) is 4.05. The van der Waals surface area contributed by atoms with E-state index in [1.165, 1.54) is 0 Å². The summed E-state index contributed by atoms with van der Waals surface area (Å²) >= 11 is 5.74. The Kier molecular flexibility index (Phi) is 3.12.